The molecule has 4 nitrogen and oxygen atoms in total. The molecule has 0 fully saturated rings. The van der Waals surface area contributed by atoms with Crippen LogP contribution in [0.4, 0.5) is 0 Å². The van der Waals surface area contributed by atoms with Gasteiger partial charge >= 0.3 is 0 Å². The van der Waals surface area contributed by atoms with E-state index < -0.39 is 0 Å². The Morgan fingerprint density at radius 1 is 0.586 bits per heavy atom. The van der Waals surface area contributed by atoms with E-state index in [2.05, 4.69) is 168 Å². The van der Waals surface area contributed by atoms with Gasteiger partial charge in [-0.25, -0.2) is 4.98 Å². The summed E-state index contributed by atoms with van der Waals surface area (Å²) >= 11 is 10.5. The summed E-state index contributed by atoms with van der Waals surface area (Å²) in [4.78, 5) is 11.2. The van der Waals surface area contributed by atoms with E-state index in [4.69, 9.17) is 21.6 Å². The molecule has 0 N–H and O–H groups in total. The van der Waals surface area contributed by atoms with E-state index in [-0.39, 0.29) is 5.28 Å². The maximum Gasteiger partial charge on any atom is 0.225 e. The summed E-state index contributed by atoms with van der Waals surface area (Å²) in [6.07, 6.45) is 6.12. The zero-order valence-electron chi connectivity index (χ0n) is 31.2. The van der Waals surface area contributed by atoms with Crippen molar-refractivity contribution in [3.05, 3.63) is 174 Å². The molecule has 0 aliphatic carbocycles. The maximum atomic E-state index is 6.89. The van der Waals surface area contributed by atoms with Crippen LogP contribution in [0.2, 0.25) is 5.28 Å². The third-order valence-corrected chi connectivity index (χ3v) is 14.1. The Hall–Kier alpha value is -6.57. The summed E-state index contributed by atoms with van der Waals surface area (Å²) in [5.41, 5.74) is 10.1. The Balaban J connectivity index is 1.22. The number of aryl methyl sites for hydroxylation is 1. The number of allylic oxidation sites excluding steroid dienone is 2. The van der Waals surface area contributed by atoms with E-state index in [1.165, 1.54) is 58.5 Å². The Morgan fingerprint density at radius 2 is 1.24 bits per heavy atom. The van der Waals surface area contributed by atoms with Crippen molar-refractivity contribution in [2.45, 2.75) is 6.92 Å². The molecular formula is C51H31ClN4S2. The van der Waals surface area contributed by atoms with Gasteiger partial charge in [-0.15, -0.1) is 22.7 Å². The van der Waals surface area contributed by atoms with Gasteiger partial charge in [-0.05, 0) is 83.7 Å². The highest BCUT2D eigenvalue weighted by Gasteiger charge is 2.26. The van der Waals surface area contributed by atoms with Gasteiger partial charge in [0, 0.05) is 63.1 Å². The maximum absolute atomic E-state index is 6.89. The second-order valence-corrected chi connectivity index (χ2v) is 17.3. The molecule has 12 rings (SSSR count). The van der Waals surface area contributed by atoms with Crippen molar-refractivity contribution >= 4 is 125 Å². The van der Waals surface area contributed by atoms with Crippen molar-refractivity contribution in [2.75, 3.05) is 0 Å². The molecule has 7 heteroatoms. The lowest BCUT2D eigenvalue weighted by Gasteiger charge is -2.11. The fourth-order valence-electron chi connectivity index (χ4n) is 9.16. The van der Waals surface area contributed by atoms with Crippen molar-refractivity contribution in [2.24, 2.45) is 0 Å². The van der Waals surface area contributed by atoms with Crippen LogP contribution in [0, 0.1) is 6.92 Å². The first-order valence-corrected chi connectivity index (χ1v) is 21.2. The van der Waals surface area contributed by atoms with Gasteiger partial charge in [0.05, 0.1) is 32.3 Å². The highest BCUT2D eigenvalue weighted by molar-refractivity contribution is 7.26. The molecule has 0 amide bonds. The minimum Gasteiger partial charge on any atom is -0.309 e. The van der Waals surface area contributed by atoms with Gasteiger partial charge < -0.3 is 4.57 Å². The molecule has 274 valence electrons. The van der Waals surface area contributed by atoms with Crippen LogP contribution >= 0.6 is 34.3 Å². The number of hydrogen-bond acceptors (Lipinski definition) is 4. The van der Waals surface area contributed by atoms with E-state index in [1.54, 1.807) is 11.3 Å². The second kappa shape index (κ2) is 12.7. The van der Waals surface area contributed by atoms with E-state index in [1.807, 2.05) is 23.5 Å². The molecule has 0 bridgehead atoms. The molecule has 0 saturated carbocycles. The van der Waals surface area contributed by atoms with Gasteiger partial charge in [-0.2, -0.15) is 4.98 Å². The topological polar surface area (TPSA) is 35.6 Å². The number of fused-ring (bicyclic) bond motifs is 14. The molecule has 12 aromatic rings. The normalized spacial score (nSPS) is 12.3. The first kappa shape index (κ1) is 33.6. The first-order chi connectivity index (χ1) is 28.6. The molecule has 0 saturated heterocycles. The predicted molar refractivity (Wildman–Crippen MR) is 251 cm³/mol. The van der Waals surface area contributed by atoms with Crippen LogP contribution in [-0.4, -0.2) is 19.1 Å². The fraction of sp³-hybridized carbons (Fsp3) is 0.0196. The summed E-state index contributed by atoms with van der Waals surface area (Å²) < 4.78 is 8.15. The number of hydrogen-bond donors (Lipinski definition) is 0. The SMILES string of the molecule is C=C/C=C\c1c(C)sc2c3ccccc3c3c(c4cc(-c5ccc6c(c5)c5ccccc5n6-c5ccccc5)ccc4n3-c3nc(Cl)nc4c3sc3ccccc34)c12. The average Bonchev–Trinajstić information content (AvgIpc) is 4.00. The predicted octanol–water partition coefficient (Wildman–Crippen LogP) is 15.2. The van der Waals surface area contributed by atoms with Gasteiger partial charge in [-0.3, -0.25) is 4.57 Å². The van der Waals surface area contributed by atoms with Crippen LogP contribution in [0.3, 0.4) is 0 Å². The number of para-hydroxylation sites is 2. The van der Waals surface area contributed by atoms with Crippen molar-refractivity contribution in [3.63, 3.8) is 0 Å². The zero-order chi connectivity index (χ0) is 38.6. The fourth-order valence-corrected chi connectivity index (χ4v) is 11.6. The molecule has 5 heterocycles. The quantitative estimate of drug-likeness (QED) is 0.128. The summed E-state index contributed by atoms with van der Waals surface area (Å²) in [6, 6.07) is 50.4. The lowest BCUT2D eigenvalue weighted by Crippen LogP contribution is -2.00. The number of aromatic nitrogens is 4. The number of thiophene rings is 2. The first-order valence-electron chi connectivity index (χ1n) is 19.2. The van der Waals surface area contributed by atoms with Gasteiger partial charge in [-0.1, -0.05) is 116 Å². The molecule has 0 radical (unpaired) electrons. The summed E-state index contributed by atoms with van der Waals surface area (Å²) in [6.45, 7) is 6.25. The standard InChI is InChI=1S/C51H31ClN4S2/c1-3-4-16-33-29(2)57-48-36-19-9-8-18-35(36)47-44(45(33)48)39-28-31(24-26-42(39)56(47)50-49-46(53-51(52)54-50)37-20-11-13-22-43(37)58-49)30-23-25-41-38(27-30)34-17-10-12-21-40(34)55(41)32-14-6-5-7-15-32/h3-28H,1H2,2H3/b16-4-. The van der Waals surface area contributed by atoms with Crippen LogP contribution in [0.15, 0.2) is 158 Å². The minimum atomic E-state index is 0.229. The van der Waals surface area contributed by atoms with Crippen LogP contribution in [0.5, 0.6) is 0 Å². The van der Waals surface area contributed by atoms with Crippen molar-refractivity contribution in [1.82, 2.24) is 19.1 Å². The number of rotatable bonds is 5. The third-order valence-electron chi connectivity index (χ3n) is 11.6. The molecular weight excluding hydrogens is 768 g/mol. The molecule has 0 aliphatic rings. The summed E-state index contributed by atoms with van der Waals surface area (Å²) in [5.74, 6) is 0.790. The summed E-state index contributed by atoms with van der Waals surface area (Å²) in [5, 5.41) is 9.75. The Kier molecular flexibility index (Phi) is 7.36. The minimum absolute atomic E-state index is 0.229. The molecule has 7 aromatic carbocycles. The van der Waals surface area contributed by atoms with Crippen molar-refractivity contribution in [1.29, 1.82) is 0 Å². The molecule has 5 aromatic heterocycles. The van der Waals surface area contributed by atoms with Crippen LogP contribution in [0.1, 0.15) is 10.4 Å². The van der Waals surface area contributed by atoms with Crippen LogP contribution in [0.25, 0.3) is 113 Å². The zero-order valence-corrected chi connectivity index (χ0v) is 33.6. The van der Waals surface area contributed by atoms with Crippen molar-refractivity contribution in [3.8, 4) is 22.6 Å². The molecule has 0 aliphatic heterocycles. The monoisotopic (exact) mass is 798 g/mol. The van der Waals surface area contributed by atoms with E-state index in [0.717, 1.165) is 59.4 Å². The van der Waals surface area contributed by atoms with E-state index >= 15 is 0 Å². The Labute approximate surface area is 345 Å². The molecule has 0 spiro atoms. The van der Waals surface area contributed by atoms with Gasteiger partial charge in [0.15, 0.2) is 5.82 Å². The Morgan fingerprint density at radius 3 is 2.03 bits per heavy atom. The molecule has 58 heavy (non-hydrogen) atoms. The largest absolute Gasteiger partial charge is 0.309 e. The van der Waals surface area contributed by atoms with Crippen molar-refractivity contribution < 1.29 is 0 Å². The van der Waals surface area contributed by atoms with Crippen LogP contribution < -0.4 is 0 Å². The lowest BCUT2D eigenvalue weighted by atomic mass is 9.96. The average molecular weight is 799 g/mol. The lowest BCUT2D eigenvalue weighted by molar-refractivity contribution is 1.08. The highest BCUT2D eigenvalue weighted by Crippen LogP contribution is 2.49. The molecule has 0 unspecified atom stereocenters. The van der Waals surface area contributed by atoms with E-state index in [9.17, 15) is 0 Å². The number of nitrogens with zero attached hydrogens (tertiary/aromatic N) is 4. The van der Waals surface area contributed by atoms with Gasteiger partial charge in [0.25, 0.3) is 0 Å². The summed E-state index contributed by atoms with van der Waals surface area (Å²) in [7, 11) is 0. The number of benzene rings is 7. The van der Waals surface area contributed by atoms with Gasteiger partial charge in [0.1, 0.15) is 0 Å². The molecule has 0 atom stereocenters. The second-order valence-electron chi connectivity index (χ2n) is 14.7. The third kappa shape index (κ3) is 4.74. The number of halogens is 1. The smallest absolute Gasteiger partial charge is 0.225 e. The van der Waals surface area contributed by atoms with Crippen LogP contribution in [-0.2, 0) is 0 Å². The Bertz CT molecular complexity index is 3730. The highest BCUT2D eigenvalue weighted by atomic mass is 35.5. The van der Waals surface area contributed by atoms with Gasteiger partial charge in [0.2, 0.25) is 5.28 Å². The van der Waals surface area contributed by atoms with E-state index in [0.29, 0.717) is 0 Å².